The molecule has 0 fully saturated rings. The molecular formula is C9H14N4O. The molecule has 0 bridgehead atoms. The molecule has 76 valence electrons. The minimum Gasteiger partial charge on any atom is -0.478 e. The highest BCUT2D eigenvalue weighted by Gasteiger charge is 1.97. The van der Waals surface area contributed by atoms with Crippen LogP contribution >= 0.6 is 0 Å². The predicted molar refractivity (Wildman–Crippen MR) is 54.8 cm³/mol. The van der Waals surface area contributed by atoms with Crippen molar-refractivity contribution in [3.8, 4) is 5.88 Å². The summed E-state index contributed by atoms with van der Waals surface area (Å²) in [6.45, 7) is 4.24. The van der Waals surface area contributed by atoms with Crippen LogP contribution in [0.5, 0.6) is 5.88 Å². The van der Waals surface area contributed by atoms with E-state index in [9.17, 15) is 0 Å². The number of nitrogens with two attached hydrogens (primary N) is 1. The lowest BCUT2D eigenvalue weighted by molar-refractivity contribution is 0.300. The number of nitrogens with zero attached hydrogens (tertiary/aromatic N) is 2. The van der Waals surface area contributed by atoms with Gasteiger partial charge in [0.2, 0.25) is 5.88 Å². The van der Waals surface area contributed by atoms with Crippen molar-refractivity contribution in [3.63, 3.8) is 0 Å². The number of hydrazine groups is 1. The van der Waals surface area contributed by atoms with Crippen molar-refractivity contribution in [1.29, 1.82) is 0 Å². The van der Waals surface area contributed by atoms with E-state index in [4.69, 9.17) is 10.6 Å². The standard InChI is InChI=1S/C9H14N4O/c1-2-3-4-5-14-9-6-8(13-10)11-7-12-9/h2,6-7H,1,3-5,10H2,(H,11,12,13). The van der Waals surface area contributed by atoms with Crippen molar-refractivity contribution in [2.24, 2.45) is 5.84 Å². The minimum absolute atomic E-state index is 0.525. The zero-order chi connectivity index (χ0) is 10.2. The quantitative estimate of drug-likeness (QED) is 0.307. The molecule has 0 spiro atoms. The molecule has 1 rings (SSSR count). The maximum Gasteiger partial charge on any atom is 0.218 e. The third-order valence-electron chi connectivity index (χ3n) is 1.59. The summed E-state index contributed by atoms with van der Waals surface area (Å²) in [6.07, 6.45) is 5.13. The zero-order valence-corrected chi connectivity index (χ0v) is 7.94. The Balaban J connectivity index is 2.38. The lowest BCUT2D eigenvalue weighted by Crippen LogP contribution is -2.09. The Kier molecular flexibility index (Phi) is 4.43. The molecule has 0 aliphatic carbocycles. The molecule has 0 amide bonds. The average Bonchev–Trinajstić information content (AvgIpc) is 2.25. The fourth-order valence-corrected chi connectivity index (χ4v) is 0.902. The molecule has 0 aliphatic rings. The minimum atomic E-state index is 0.525. The van der Waals surface area contributed by atoms with Gasteiger partial charge in [0.05, 0.1) is 6.61 Å². The van der Waals surface area contributed by atoms with Crippen molar-refractivity contribution in [1.82, 2.24) is 9.97 Å². The third kappa shape index (κ3) is 3.40. The van der Waals surface area contributed by atoms with Crippen LogP contribution in [0.25, 0.3) is 0 Å². The smallest absolute Gasteiger partial charge is 0.218 e. The van der Waals surface area contributed by atoms with Gasteiger partial charge in [-0.25, -0.2) is 15.8 Å². The van der Waals surface area contributed by atoms with Crippen molar-refractivity contribution in [3.05, 3.63) is 25.0 Å². The van der Waals surface area contributed by atoms with Crippen molar-refractivity contribution in [2.75, 3.05) is 12.0 Å². The molecule has 0 saturated carbocycles. The van der Waals surface area contributed by atoms with E-state index < -0.39 is 0 Å². The molecule has 1 aromatic heterocycles. The van der Waals surface area contributed by atoms with Crippen molar-refractivity contribution in [2.45, 2.75) is 12.8 Å². The number of allylic oxidation sites excluding steroid dienone is 1. The Morgan fingerprint density at radius 3 is 3.14 bits per heavy atom. The Morgan fingerprint density at radius 1 is 1.57 bits per heavy atom. The second kappa shape index (κ2) is 5.93. The summed E-state index contributed by atoms with van der Waals surface area (Å²) in [5, 5.41) is 0. The van der Waals surface area contributed by atoms with Crippen LogP contribution in [0.2, 0.25) is 0 Å². The molecule has 0 unspecified atom stereocenters. The number of nitrogens with one attached hydrogen (secondary N) is 1. The van der Waals surface area contributed by atoms with E-state index in [2.05, 4.69) is 22.0 Å². The fourth-order valence-electron chi connectivity index (χ4n) is 0.902. The van der Waals surface area contributed by atoms with E-state index in [1.54, 1.807) is 6.07 Å². The molecule has 5 nitrogen and oxygen atoms in total. The van der Waals surface area contributed by atoms with Crippen LogP contribution in [0.4, 0.5) is 5.82 Å². The maximum absolute atomic E-state index is 5.36. The summed E-state index contributed by atoms with van der Waals surface area (Å²) < 4.78 is 5.36. The monoisotopic (exact) mass is 194 g/mol. The molecule has 5 heteroatoms. The maximum atomic E-state index is 5.36. The number of hydrogen-bond donors (Lipinski definition) is 2. The first kappa shape index (κ1) is 10.5. The number of nitrogen functional groups attached to an aromatic ring is 1. The van der Waals surface area contributed by atoms with E-state index >= 15 is 0 Å². The lowest BCUT2D eigenvalue weighted by Gasteiger charge is -2.04. The summed E-state index contributed by atoms with van der Waals surface area (Å²) in [6, 6.07) is 1.65. The first-order valence-electron chi connectivity index (χ1n) is 4.39. The van der Waals surface area contributed by atoms with Crippen LogP contribution in [0.3, 0.4) is 0 Å². The number of ether oxygens (including phenoxy) is 1. The van der Waals surface area contributed by atoms with E-state index in [0.29, 0.717) is 18.3 Å². The zero-order valence-electron chi connectivity index (χ0n) is 7.94. The Morgan fingerprint density at radius 2 is 2.43 bits per heavy atom. The van der Waals surface area contributed by atoms with E-state index in [1.807, 2.05) is 6.08 Å². The van der Waals surface area contributed by atoms with Gasteiger partial charge in [-0.1, -0.05) is 6.08 Å². The van der Waals surface area contributed by atoms with Crippen LogP contribution in [0, 0.1) is 0 Å². The van der Waals surface area contributed by atoms with Gasteiger partial charge >= 0.3 is 0 Å². The van der Waals surface area contributed by atoms with Gasteiger partial charge in [-0.3, -0.25) is 0 Å². The fraction of sp³-hybridized carbons (Fsp3) is 0.333. The Hall–Kier alpha value is -1.62. The van der Waals surface area contributed by atoms with E-state index in [0.717, 1.165) is 12.8 Å². The highest BCUT2D eigenvalue weighted by Crippen LogP contribution is 2.09. The summed E-state index contributed by atoms with van der Waals surface area (Å²) in [4.78, 5) is 7.79. The van der Waals surface area contributed by atoms with Crippen LogP contribution in [0.1, 0.15) is 12.8 Å². The van der Waals surface area contributed by atoms with Crippen molar-refractivity contribution >= 4 is 5.82 Å². The largest absolute Gasteiger partial charge is 0.478 e. The number of hydrogen-bond acceptors (Lipinski definition) is 5. The summed E-state index contributed by atoms with van der Waals surface area (Å²) in [5.74, 6) is 6.25. The number of aromatic nitrogens is 2. The summed E-state index contributed by atoms with van der Waals surface area (Å²) >= 11 is 0. The topological polar surface area (TPSA) is 73.1 Å². The number of anilines is 1. The van der Waals surface area contributed by atoms with Crippen LogP contribution < -0.4 is 16.0 Å². The molecule has 1 aromatic rings. The van der Waals surface area contributed by atoms with Gasteiger partial charge in [-0.15, -0.1) is 6.58 Å². The van der Waals surface area contributed by atoms with Gasteiger partial charge in [0.1, 0.15) is 12.1 Å². The highest BCUT2D eigenvalue weighted by atomic mass is 16.5. The SMILES string of the molecule is C=CCCCOc1cc(NN)ncn1. The predicted octanol–water partition coefficient (Wildman–Crippen LogP) is 1.11. The van der Waals surface area contributed by atoms with Crippen LogP contribution in [-0.2, 0) is 0 Å². The van der Waals surface area contributed by atoms with Gasteiger partial charge in [0, 0.05) is 6.07 Å². The normalized spacial score (nSPS) is 9.50. The van der Waals surface area contributed by atoms with Crippen LogP contribution in [-0.4, -0.2) is 16.6 Å². The molecular weight excluding hydrogens is 180 g/mol. The van der Waals surface area contributed by atoms with Crippen molar-refractivity contribution < 1.29 is 4.74 Å². The molecule has 0 atom stereocenters. The van der Waals surface area contributed by atoms with E-state index in [1.165, 1.54) is 6.33 Å². The second-order valence-corrected chi connectivity index (χ2v) is 2.67. The van der Waals surface area contributed by atoms with E-state index in [-0.39, 0.29) is 0 Å². The molecule has 0 radical (unpaired) electrons. The van der Waals surface area contributed by atoms with Gasteiger partial charge in [-0.2, -0.15) is 0 Å². The molecule has 1 heterocycles. The van der Waals surface area contributed by atoms with Gasteiger partial charge < -0.3 is 10.2 Å². The van der Waals surface area contributed by atoms with Crippen LogP contribution in [0.15, 0.2) is 25.0 Å². The average molecular weight is 194 g/mol. The Labute approximate surface area is 83.0 Å². The first-order valence-corrected chi connectivity index (χ1v) is 4.39. The molecule has 0 aromatic carbocycles. The lowest BCUT2D eigenvalue weighted by atomic mass is 10.3. The summed E-state index contributed by atoms with van der Waals surface area (Å²) in [7, 11) is 0. The highest BCUT2D eigenvalue weighted by molar-refractivity contribution is 5.35. The number of unbranched alkanes of at least 4 members (excludes halogenated alkanes) is 1. The summed E-state index contributed by atoms with van der Waals surface area (Å²) in [5.41, 5.74) is 2.42. The number of rotatable bonds is 6. The molecule has 3 N–H and O–H groups in total. The third-order valence-corrected chi connectivity index (χ3v) is 1.59. The van der Waals surface area contributed by atoms with Gasteiger partial charge in [0.15, 0.2) is 0 Å². The molecule has 0 aliphatic heterocycles. The second-order valence-electron chi connectivity index (χ2n) is 2.67. The molecule has 14 heavy (non-hydrogen) atoms. The van der Waals surface area contributed by atoms with Gasteiger partial charge in [-0.05, 0) is 12.8 Å². The molecule has 0 saturated heterocycles. The first-order chi connectivity index (χ1) is 6.86. The van der Waals surface area contributed by atoms with Gasteiger partial charge in [0.25, 0.3) is 0 Å². The Bertz CT molecular complexity index is 290.